The Balaban J connectivity index is 2.75. The molecule has 2 atom stereocenters. The second-order valence-electron chi connectivity index (χ2n) is 4.94. The molecule has 1 unspecified atom stereocenters. The number of rotatable bonds is 2. The van der Waals surface area contributed by atoms with Crippen molar-refractivity contribution in [2.75, 3.05) is 6.61 Å². The zero-order chi connectivity index (χ0) is 10.1. The van der Waals surface area contributed by atoms with Crippen LogP contribution in [0.5, 0.6) is 0 Å². The summed E-state index contributed by atoms with van der Waals surface area (Å²) in [5, 5.41) is 9.62. The zero-order valence-corrected chi connectivity index (χ0v) is 9.26. The summed E-state index contributed by atoms with van der Waals surface area (Å²) < 4.78 is 5.80. The summed E-state index contributed by atoms with van der Waals surface area (Å²) in [6, 6.07) is 0. The Kier molecular flexibility index (Phi) is 3.03. The molecule has 1 fully saturated rings. The Morgan fingerprint density at radius 1 is 1.38 bits per heavy atom. The molecule has 2 heteroatoms. The molecule has 0 spiro atoms. The lowest BCUT2D eigenvalue weighted by Crippen LogP contribution is -2.50. The van der Waals surface area contributed by atoms with Crippen LogP contribution in [0.2, 0.25) is 0 Å². The SMILES string of the molecule is CCOC1(C)C[C@@H](O)CCC1(C)C. The topological polar surface area (TPSA) is 29.5 Å². The van der Waals surface area contributed by atoms with Gasteiger partial charge in [0.1, 0.15) is 0 Å². The van der Waals surface area contributed by atoms with E-state index in [4.69, 9.17) is 4.74 Å². The molecule has 1 rings (SSSR count). The molecular formula is C11H22O2. The third-order valence-corrected chi connectivity index (χ3v) is 3.62. The molecule has 1 aliphatic carbocycles. The number of ether oxygens (including phenoxy) is 1. The van der Waals surface area contributed by atoms with Crippen molar-refractivity contribution in [3.63, 3.8) is 0 Å². The molecule has 78 valence electrons. The number of aliphatic hydroxyl groups is 1. The van der Waals surface area contributed by atoms with Crippen LogP contribution in [0, 0.1) is 5.41 Å². The highest BCUT2D eigenvalue weighted by Crippen LogP contribution is 2.45. The van der Waals surface area contributed by atoms with Gasteiger partial charge in [0, 0.05) is 13.0 Å². The molecule has 0 amide bonds. The Morgan fingerprint density at radius 3 is 2.54 bits per heavy atom. The fraction of sp³-hybridized carbons (Fsp3) is 1.00. The number of hydrogen-bond donors (Lipinski definition) is 1. The van der Waals surface area contributed by atoms with Crippen molar-refractivity contribution in [2.24, 2.45) is 5.41 Å². The first-order valence-corrected chi connectivity index (χ1v) is 5.23. The molecule has 0 saturated heterocycles. The maximum atomic E-state index is 9.62. The van der Waals surface area contributed by atoms with E-state index in [0.717, 1.165) is 25.9 Å². The first-order valence-electron chi connectivity index (χ1n) is 5.23. The predicted molar refractivity (Wildman–Crippen MR) is 53.7 cm³/mol. The summed E-state index contributed by atoms with van der Waals surface area (Å²) in [4.78, 5) is 0. The minimum Gasteiger partial charge on any atom is -0.393 e. The quantitative estimate of drug-likeness (QED) is 0.717. The van der Waals surface area contributed by atoms with Crippen molar-refractivity contribution < 1.29 is 9.84 Å². The first-order chi connectivity index (χ1) is 5.91. The standard InChI is InChI=1S/C11H22O2/c1-5-13-11(4)8-9(12)6-7-10(11,2)3/h9,12H,5-8H2,1-4H3/t9-,11?/m0/s1. The number of aliphatic hydroxyl groups excluding tert-OH is 1. The van der Waals surface area contributed by atoms with Crippen molar-refractivity contribution in [1.29, 1.82) is 0 Å². The Morgan fingerprint density at radius 2 is 2.00 bits per heavy atom. The Hall–Kier alpha value is -0.0800. The van der Waals surface area contributed by atoms with Gasteiger partial charge in [0.15, 0.2) is 0 Å². The maximum Gasteiger partial charge on any atom is 0.0729 e. The van der Waals surface area contributed by atoms with Gasteiger partial charge in [-0.05, 0) is 32.1 Å². The van der Waals surface area contributed by atoms with Gasteiger partial charge in [-0.1, -0.05) is 13.8 Å². The summed E-state index contributed by atoms with van der Waals surface area (Å²) >= 11 is 0. The van der Waals surface area contributed by atoms with Crippen LogP contribution in [0.15, 0.2) is 0 Å². The van der Waals surface area contributed by atoms with Gasteiger partial charge < -0.3 is 9.84 Å². The molecule has 0 heterocycles. The summed E-state index contributed by atoms with van der Waals surface area (Å²) in [5.41, 5.74) is 0.0294. The van der Waals surface area contributed by atoms with Crippen LogP contribution >= 0.6 is 0 Å². The van der Waals surface area contributed by atoms with Gasteiger partial charge in [-0.3, -0.25) is 0 Å². The van der Waals surface area contributed by atoms with Crippen molar-refractivity contribution in [2.45, 2.75) is 58.7 Å². The zero-order valence-electron chi connectivity index (χ0n) is 9.26. The molecular weight excluding hydrogens is 164 g/mol. The van der Waals surface area contributed by atoms with Gasteiger partial charge in [0.25, 0.3) is 0 Å². The molecule has 0 aromatic heterocycles. The average Bonchev–Trinajstić information content (AvgIpc) is 1.99. The highest BCUT2D eigenvalue weighted by atomic mass is 16.5. The molecule has 1 N–H and O–H groups in total. The first kappa shape index (κ1) is 11.0. The molecule has 1 aliphatic rings. The van der Waals surface area contributed by atoms with Gasteiger partial charge >= 0.3 is 0 Å². The van der Waals surface area contributed by atoms with Crippen LogP contribution in [0.1, 0.15) is 47.0 Å². The third-order valence-electron chi connectivity index (χ3n) is 3.62. The van der Waals surface area contributed by atoms with E-state index in [9.17, 15) is 5.11 Å². The van der Waals surface area contributed by atoms with E-state index in [1.807, 2.05) is 6.92 Å². The summed E-state index contributed by atoms with van der Waals surface area (Å²) in [6.07, 6.45) is 2.55. The van der Waals surface area contributed by atoms with Crippen molar-refractivity contribution >= 4 is 0 Å². The molecule has 1 saturated carbocycles. The highest BCUT2D eigenvalue weighted by molar-refractivity contribution is 4.97. The van der Waals surface area contributed by atoms with Crippen molar-refractivity contribution in [3.8, 4) is 0 Å². The van der Waals surface area contributed by atoms with Crippen LogP contribution in [-0.4, -0.2) is 23.4 Å². The molecule has 0 bridgehead atoms. The van der Waals surface area contributed by atoms with E-state index in [2.05, 4.69) is 20.8 Å². The van der Waals surface area contributed by atoms with Gasteiger partial charge in [0.2, 0.25) is 0 Å². The lowest BCUT2D eigenvalue weighted by molar-refractivity contribution is -0.154. The van der Waals surface area contributed by atoms with E-state index in [1.54, 1.807) is 0 Å². The highest BCUT2D eigenvalue weighted by Gasteiger charge is 2.46. The monoisotopic (exact) mass is 186 g/mol. The molecule has 0 radical (unpaired) electrons. The van der Waals surface area contributed by atoms with E-state index < -0.39 is 0 Å². The van der Waals surface area contributed by atoms with Crippen LogP contribution in [-0.2, 0) is 4.74 Å². The fourth-order valence-corrected chi connectivity index (χ4v) is 2.19. The Labute approximate surface area is 81.3 Å². The lowest BCUT2D eigenvalue weighted by atomic mass is 9.65. The minimum atomic E-state index is -0.176. The molecule has 13 heavy (non-hydrogen) atoms. The van der Waals surface area contributed by atoms with E-state index in [-0.39, 0.29) is 17.1 Å². The van der Waals surface area contributed by atoms with Crippen LogP contribution in [0.4, 0.5) is 0 Å². The molecule has 0 aromatic rings. The van der Waals surface area contributed by atoms with E-state index >= 15 is 0 Å². The predicted octanol–water partition coefficient (Wildman–Crippen LogP) is 2.35. The second kappa shape index (κ2) is 3.58. The summed E-state index contributed by atoms with van der Waals surface area (Å²) in [6.45, 7) is 9.33. The number of hydrogen-bond acceptors (Lipinski definition) is 2. The summed E-state index contributed by atoms with van der Waals surface area (Å²) in [5.74, 6) is 0. The van der Waals surface area contributed by atoms with Crippen LogP contribution < -0.4 is 0 Å². The molecule has 2 nitrogen and oxygen atoms in total. The minimum absolute atomic E-state index is 0.153. The normalized spacial score (nSPS) is 39.0. The smallest absolute Gasteiger partial charge is 0.0729 e. The fourth-order valence-electron chi connectivity index (χ4n) is 2.19. The van der Waals surface area contributed by atoms with Crippen molar-refractivity contribution in [1.82, 2.24) is 0 Å². The van der Waals surface area contributed by atoms with E-state index in [0.29, 0.717) is 0 Å². The Bertz CT molecular complexity index is 177. The summed E-state index contributed by atoms with van der Waals surface area (Å²) in [7, 11) is 0. The van der Waals surface area contributed by atoms with Gasteiger partial charge in [-0.2, -0.15) is 0 Å². The van der Waals surface area contributed by atoms with Crippen LogP contribution in [0.3, 0.4) is 0 Å². The maximum absolute atomic E-state index is 9.62. The van der Waals surface area contributed by atoms with Gasteiger partial charge in [0.05, 0.1) is 11.7 Å². The average molecular weight is 186 g/mol. The second-order valence-corrected chi connectivity index (χ2v) is 4.94. The van der Waals surface area contributed by atoms with Crippen LogP contribution in [0.25, 0.3) is 0 Å². The lowest BCUT2D eigenvalue weighted by Gasteiger charge is -2.49. The van der Waals surface area contributed by atoms with Gasteiger partial charge in [-0.25, -0.2) is 0 Å². The molecule has 0 aliphatic heterocycles. The van der Waals surface area contributed by atoms with Crippen molar-refractivity contribution in [3.05, 3.63) is 0 Å². The third kappa shape index (κ3) is 2.05. The van der Waals surface area contributed by atoms with E-state index in [1.165, 1.54) is 0 Å². The largest absolute Gasteiger partial charge is 0.393 e. The molecule has 0 aromatic carbocycles. The van der Waals surface area contributed by atoms with Gasteiger partial charge in [-0.15, -0.1) is 0 Å².